The van der Waals surface area contributed by atoms with Crippen molar-refractivity contribution in [1.82, 2.24) is 19.2 Å². The molecule has 2 aliphatic rings. The number of imidazole rings is 1. The number of hydrogen-bond acceptors (Lipinski definition) is 6. The molecule has 0 saturated carbocycles. The van der Waals surface area contributed by atoms with Gasteiger partial charge in [0.25, 0.3) is 5.91 Å². The van der Waals surface area contributed by atoms with Gasteiger partial charge in [0.05, 0.1) is 36.0 Å². The van der Waals surface area contributed by atoms with Crippen LogP contribution in [0.5, 0.6) is 0 Å². The molecule has 178 valence electrons. The van der Waals surface area contributed by atoms with Gasteiger partial charge in [-0.1, -0.05) is 41.6 Å². The Morgan fingerprint density at radius 2 is 1.76 bits per heavy atom. The SMILES string of the molecule is Cc1ccc(-c2nc3n(c2CNC(=O)c2ccc(S(=O)(=O)N4CCOCC4)cc2)CCS3)cc1. The van der Waals surface area contributed by atoms with Crippen LogP contribution in [0.2, 0.25) is 0 Å². The minimum absolute atomic E-state index is 0.179. The topological polar surface area (TPSA) is 93.5 Å². The van der Waals surface area contributed by atoms with Gasteiger partial charge in [-0.25, -0.2) is 13.4 Å². The van der Waals surface area contributed by atoms with Gasteiger partial charge in [-0.15, -0.1) is 0 Å². The quantitative estimate of drug-likeness (QED) is 0.562. The number of benzene rings is 2. The zero-order chi connectivity index (χ0) is 23.7. The summed E-state index contributed by atoms with van der Waals surface area (Å²) in [6, 6.07) is 14.3. The predicted molar refractivity (Wildman–Crippen MR) is 130 cm³/mol. The van der Waals surface area contributed by atoms with E-state index < -0.39 is 10.0 Å². The second-order valence-electron chi connectivity index (χ2n) is 8.28. The molecule has 3 aromatic rings. The van der Waals surface area contributed by atoms with Crippen LogP contribution in [0.4, 0.5) is 0 Å². The first-order valence-electron chi connectivity index (χ1n) is 11.2. The zero-order valence-corrected chi connectivity index (χ0v) is 20.5. The summed E-state index contributed by atoms with van der Waals surface area (Å²) in [5.41, 5.74) is 4.47. The second-order valence-corrected chi connectivity index (χ2v) is 11.3. The lowest BCUT2D eigenvalue weighted by Crippen LogP contribution is -2.40. The molecule has 0 unspecified atom stereocenters. The van der Waals surface area contributed by atoms with Crippen LogP contribution in [-0.2, 0) is 27.8 Å². The number of thioether (sulfide) groups is 1. The molecular weight excluding hydrogens is 472 g/mol. The highest BCUT2D eigenvalue weighted by Crippen LogP contribution is 2.33. The summed E-state index contributed by atoms with van der Waals surface area (Å²) in [6.07, 6.45) is 0. The number of nitrogens with one attached hydrogen (secondary N) is 1. The molecule has 8 nitrogen and oxygen atoms in total. The van der Waals surface area contributed by atoms with E-state index in [2.05, 4.69) is 34.1 Å². The second kappa shape index (κ2) is 9.53. The van der Waals surface area contributed by atoms with Crippen LogP contribution in [0.3, 0.4) is 0 Å². The summed E-state index contributed by atoms with van der Waals surface area (Å²) in [4.78, 5) is 17.9. The van der Waals surface area contributed by atoms with Crippen LogP contribution in [0.25, 0.3) is 11.3 Å². The summed E-state index contributed by atoms with van der Waals surface area (Å²) >= 11 is 1.72. The number of morpholine rings is 1. The smallest absolute Gasteiger partial charge is 0.251 e. The molecule has 0 aliphatic carbocycles. The molecule has 1 aromatic heterocycles. The van der Waals surface area contributed by atoms with Crippen LogP contribution in [0.15, 0.2) is 58.6 Å². The Kier molecular flexibility index (Phi) is 6.48. The molecule has 1 fully saturated rings. The van der Waals surface area contributed by atoms with Crippen LogP contribution in [0.1, 0.15) is 21.6 Å². The first-order chi connectivity index (χ1) is 16.4. The van der Waals surface area contributed by atoms with E-state index in [-0.39, 0.29) is 10.8 Å². The molecule has 0 bridgehead atoms. The molecule has 3 heterocycles. The maximum absolute atomic E-state index is 12.9. The number of aryl methyl sites for hydroxylation is 1. The van der Waals surface area contributed by atoms with E-state index in [0.717, 1.165) is 34.4 Å². The zero-order valence-electron chi connectivity index (χ0n) is 18.9. The largest absolute Gasteiger partial charge is 0.379 e. The molecule has 10 heteroatoms. The fourth-order valence-corrected chi connectivity index (χ4v) is 6.51. The molecular formula is C24H26N4O4S2. The van der Waals surface area contributed by atoms with Gasteiger partial charge < -0.3 is 14.6 Å². The van der Waals surface area contributed by atoms with E-state index in [1.165, 1.54) is 22.0 Å². The van der Waals surface area contributed by atoms with Gasteiger partial charge in [0.15, 0.2) is 5.16 Å². The van der Waals surface area contributed by atoms with E-state index in [4.69, 9.17) is 9.72 Å². The van der Waals surface area contributed by atoms with Crippen LogP contribution in [0, 0.1) is 6.92 Å². The molecule has 1 amide bonds. The van der Waals surface area contributed by atoms with Gasteiger partial charge in [-0.3, -0.25) is 4.79 Å². The van der Waals surface area contributed by atoms with E-state index in [1.54, 1.807) is 23.9 Å². The minimum Gasteiger partial charge on any atom is -0.379 e. The maximum Gasteiger partial charge on any atom is 0.251 e. The van der Waals surface area contributed by atoms with Crippen molar-refractivity contribution in [2.75, 3.05) is 32.1 Å². The third-order valence-corrected chi connectivity index (χ3v) is 8.92. The molecule has 2 aromatic carbocycles. The van der Waals surface area contributed by atoms with E-state index in [9.17, 15) is 13.2 Å². The molecule has 34 heavy (non-hydrogen) atoms. The van der Waals surface area contributed by atoms with Crippen molar-refractivity contribution >= 4 is 27.7 Å². The monoisotopic (exact) mass is 498 g/mol. The summed E-state index contributed by atoms with van der Waals surface area (Å²) in [5, 5.41) is 3.96. The normalized spacial score (nSPS) is 16.4. The van der Waals surface area contributed by atoms with Crippen molar-refractivity contribution in [3.63, 3.8) is 0 Å². The lowest BCUT2D eigenvalue weighted by Gasteiger charge is -2.26. The molecule has 0 spiro atoms. The number of nitrogens with zero attached hydrogens (tertiary/aromatic N) is 3. The van der Waals surface area contributed by atoms with Crippen molar-refractivity contribution < 1.29 is 17.9 Å². The number of carbonyl (C=O) groups is 1. The van der Waals surface area contributed by atoms with E-state index in [1.807, 2.05) is 6.92 Å². The van der Waals surface area contributed by atoms with Gasteiger partial charge in [0.2, 0.25) is 10.0 Å². The number of rotatable bonds is 6. The Bertz CT molecular complexity index is 1300. The maximum atomic E-state index is 12.9. The minimum atomic E-state index is -3.59. The summed E-state index contributed by atoms with van der Waals surface area (Å²) in [5.74, 6) is 0.711. The number of amides is 1. The number of hydrogen-bond donors (Lipinski definition) is 1. The van der Waals surface area contributed by atoms with Crippen LogP contribution in [-0.4, -0.2) is 60.2 Å². The molecule has 1 saturated heterocycles. The molecule has 0 atom stereocenters. The van der Waals surface area contributed by atoms with Gasteiger partial charge in [-0.2, -0.15) is 4.31 Å². The van der Waals surface area contributed by atoms with Gasteiger partial charge in [0, 0.05) is 36.5 Å². The summed E-state index contributed by atoms with van der Waals surface area (Å²) in [6.45, 7) is 4.69. The standard InChI is InChI=1S/C24H26N4O4S2/c1-17-2-4-18(5-3-17)22-21(28-12-15-33-24(28)26-22)16-25-23(29)19-6-8-20(9-7-19)34(30,31)27-10-13-32-14-11-27/h2-9H,10-16H2,1H3,(H,25,29). The summed E-state index contributed by atoms with van der Waals surface area (Å²) in [7, 11) is -3.59. The summed E-state index contributed by atoms with van der Waals surface area (Å²) < 4.78 is 34.4. The predicted octanol–water partition coefficient (Wildman–Crippen LogP) is 2.92. The fraction of sp³-hybridized carbons (Fsp3) is 0.333. The van der Waals surface area contributed by atoms with E-state index >= 15 is 0 Å². The van der Waals surface area contributed by atoms with Crippen molar-refractivity contribution in [1.29, 1.82) is 0 Å². The fourth-order valence-electron chi connectivity index (χ4n) is 4.13. The first-order valence-corrected chi connectivity index (χ1v) is 13.6. The van der Waals surface area contributed by atoms with Crippen LogP contribution < -0.4 is 5.32 Å². The number of aromatic nitrogens is 2. The van der Waals surface area contributed by atoms with Crippen molar-refractivity contribution in [2.45, 2.75) is 30.1 Å². The number of fused-ring (bicyclic) bond motifs is 1. The number of ether oxygens (including phenoxy) is 1. The number of sulfonamides is 1. The third kappa shape index (κ3) is 4.50. The highest BCUT2D eigenvalue weighted by Gasteiger charge is 2.27. The van der Waals surface area contributed by atoms with Crippen LogP contribution >= 0.6 is 11.8 Å². The average molecular weight is 499 g/mol. The molecule has 0 radical (unpaired) electrons. The Balaban J connectivity index is 1.32. The lowest BCUT2D eigenvalue weighted by molar-refractivity contribution is 0.0730. The highest BCUT2D eigenvalue weighted by atomic mass is 32.2. The Labute approximate surface area is 203 Å². The van der Waals surface area contributed by atoms with Crippen molar-refractivity contribution in [3.8, 4) is 11.3 Å². The average Bonchev–Trinajstić information content (AvgIpc) is 3.45. The number of carbonyl (C=O) groups excluding carboxylic acids is 1. The van der Waals surface area contributed by atoms with Crippen molar-refractivity contribution in [3.05, 3.63) is 65.4 Å². The first kappa shape index (κ1) is 23.1. The van der Waals surface area contributed by atoms with E-state index in [0.29, 0.717) is 38.4 Å². The van der Waals surface area contributed by atoms with Gasteiger partial charge in [0.1, 0.15) is 0 Å². The van der Waals surface area contributed by atoms with Gasteiger partial charge in [-0.05, 0) is 31.2 Å². The Hall–Kier alpha value is -2.66. The molecule has 2 aliphatic heterocycles. The third-order valence-electron chi connectivity index (χ3n) is 6.05. The Morgan fingerprint density at radius 3 is 2.47 bits per heavy atom. The van der Waals surface area contributed by atoms with Crippen molar-refractivity contribution in [2.24, 2.45) is 0 Å². The Morgan fingerprint density at radius 1 is 1.06 bits per heavy atom. The highest BCUT2D eigenvalue weighted by molar-refractivity contribution is 7.99. The molecule has 5 rings (SSSR count). The lowest BCUT2D eigenvalue weighted by atomic mass is 10.1. The van der Waals surface area contributed by atoms with Gasteiger partial charge >= 0.3 is 0 Å². The molecule has 1 N–H and O–H groups in total.